The lowest BCUT2D eigenvalue weighted by molar-refractivity contribution is -0.0104. The van der Waals surface area contributed by atoms with Crippen LogP contribution in [0.1, 0.15) is 13.3 Å². The molecule has 2 aliphatic rings. The second kappa shape index (κ2) is 10.2. The molecule has 2 rings (SSSR count). The molecule has 130 valence electrons. The monoisotopic (exact) mass is 444 g/mol. The highest BCUT2D eigenvalue weighted by molar-refractivity contribution is 14.0. The zero-order valence-corrected chi connectivity index (χ0v) is 16.7. The summed E-state index contributed by atoms with van der Waals surface area (Å²) in [5.74, 6) is 2.86. The molecule has 0 bridgehead atoms. The Hall–Kier alpha value is 0.230. The van der Waals surface area contributed by atoms with E-state index in [1.54, 1.807) is 7.11 Å². The Balaban J connectivity index is 0.00000242. The molecule has 0 aromatic rings. The van der Waals surface area contributed by atoms with E-state index in [1.165, 1.54) is 12.2 Å². The Morgan fingerprint density at radius 3 is 2.82 bits per heavy atom. The third-order valence-electron chi connectivity index (χ3n) is 4.12. The molecule has 0 aromatic heterocycles. The molecule has 0 saturated carbocycles. The van der Waals surface area contributed by atoms with Crippen molar-refractivity contribution in [2.24, 2.45) is 10.7 Å². The van der Waals surface area contributed by atoms with Gasteiger partial charge in [0, 0.05) is 32.0 Å². The molecule has 2 saturated heterocycles. The number of hydrogen-bond donors (Lipinski definition) is 2. The fourth-order valence-electron chi connectivity index (χ4n) is 2.93. The molecule has 8 heteroatoms. The van der Waals surface area contributed by atoms with E-state index >= 15 is 0 Å². The van der Waals surface area contributed by atoms with E-state index in [4.69, 9.17) is 15.2 Å². The molecule has 2 unspecified atom stereocenters. The molecule has 2 fully saturated rings. The minimum Gasteiger partial charge on any atom is -0.383 e. The third kappa shape index (κ3) is 5.70. The highest BCUT2D eigenvalue weighted by Gasteiger charge is 2.40. The molecule has 22 heavy (non-hydrogen) atoms. The molecular weight excluding hydrogens is 415 g/mol. The van der Waals surface area contributed by atoms with Crippen LogP contribution in [0.25, 0.3) is 0 Å². The number of hydrogen-bond acceptors (Lipinski definition) is 5. The van der Waals surface area contributed by atoms with Gasteiger partial charge in [-0.05, 0) is 19.1 Å². The van der Waals surface area contributed by atoms with Crippen molar-refractivity contribution in [2.75, 3.05) is 58.1 Å². The quantitative estimate of drug-likeness (QED) is 0.358. The van der Waals surface area contributed by atoms with Gasteiger partial charge in [0.25, 0.3) is 0 Å². The first-order valence-corrected chi connectivity index (χ1v) is 8.78. The Bertz CT molecular complexity index is 348. The summed E-state index contributed by atoms with van der Waals surface area (Å²) in [6.45, 7) is 7.09. The maximum atomic E-state index is 6.00. The van der Waals surface area contributed by atoms with E-state index in [0.29, 0.717) is 12.6 Å². The number of nitrogens with one attached hydrogen (secondary N) is 1. The number of guanidine groups is 1. The summed E-state index contributed by atoms with van der Waals surface area (Å²) in [5, 5.41) is 3.18. The molecule has 2 heterocycles. The number of aliphatic imine (C=N–C) groups is 1. The number of rotatable bonds is 6. The van der Waals surface area contributed by atoms with Gasteiger partial charge in [-0.15, -0.1) is 24.0 Å². The molecule has 2 aliphatic heterocycles. The molecule has 0 amide bonds. The van der Waals surface area contributed by atoms with Gasteiger partial charge < -0.3 is 20.5 Å². The van der Waals surface area contributed by atoms with Crippen LogP contribution in [-0.4, -0.2) is 80.5 Å². The molecule has 0 spiro atoms. The van der Waals surface area contributed by atoms with Crippen LogP contribution in [0.4, 0.5) is 0 Å². The van der Waals surface area contributed by atoms with Crippen molar-refractivity contribution in [3.63, 3.8) is 0 Å². The fourth-order valence-corrected chi connectivity index (χ4v) is 4.40. The van der Waals surface area contributed by atoms with Crippen molar-refractivity contribution >= 4 is 41.7 Å². The highest BCUT2D eigenvalue weighted by Crippen LogP contribution is 2.34. The summed E-state index contributed by atoms with van der Waals surface area (Å²) < 4.78 is 10.6. The van der Waals surface area contributed by atoms with Crippen LogP contribution in [-0.2, 0) is 9.47 Å². The Morgan fingerprint density at radius 2 is 2.23 bits per heavy atom. The van der Waals surface area contributed by atoms with Crippen LogP contribution in [0.5, 0.6) is 0 Å². The maximum absolute atomic E-state index is 6.00. The summed E-state index contributed by atoms with van der Waals surface area (Å²) in [6, 6.07) is 0.177. The van der Waals surface area contributed by atoms with Crippen LogP contribution in [0.15, 0.2) is 4.99 Å². The van der Waals surface area contributed by atoms with E-state index < -0.39 is 0 Å². The average molecular weight is 444 g/mol. The van der Waals surface area contributed by atoms with E-state index in [0.717, 1.165) is 38.6 Å². The number of nitrogens with two attached hydrogens (primary N) is 1. The number of methoxy groups -OCH3 is 1. The van der Waals surface area contributed by atoms with Crippen molar-refractivity contribution in [3.8, 4) is 0 Å². The maximum Gasteiger partial charge on any atom is 0.188 e. The Kier molecular flexibility index (Phi) is 9.37. The van der Waals surface area contributed by atoms with Gasteiger partial charge >= 0.3 is 0 Å². The first-order chi connectivity index (χ1) is 10.2. The minimum absolute atomic E-state index is 0. The van der Waals surface area contributed by atoms with Crippen molar-refractivity contribution in [2.45, 2.75) is 24.9 Å². The Labute approximate surface area is 155 Å². The lowest BCUT2D eigenvalue weighted by Gasteiger charge is -2.42. The van der Waals surface area contributed by atoms with E-state index in [-0.39, 0.29) is 35.6 Å². The van der Waals surface area contributed by atoms with Crippen LogP contribution in [0.2, 0.25) is 0 Å². The Morgan fingerprint density at radius 1 is 1.50 bits per heavy atom. The summed E-state index contributed by atoms with van der Waals surface area (Å²) in [4.78, 5) is 7.16. The third-order valence-corrected chi connectivity index (χ3v) is 5.35. The predicted octanol–water partition coefficient (Wildman–Crippen LogP) is 0.752. The van der Waals surface area contributed by atoms with Gasteiger partial charge in [0.1, 0.15) is 0 Å². The summed E-state index contributed by atoms with van der Waals surface area (Å²) >= 11 is 2.02. The smallest absolute Gasteiger partial charge is 0.188 e. The molecule has 6 nitrogen and oxygen atoms in total. The fraction of sp³-hybridized carbons (Fsp3) is 0.929. The zero-order valence-electron chi connectivity index (χ0n) is 13.5. The molecule has 3 N–H and O–H groups in total. The van der Waals surface area contributed by atoms with Gasteiger partial charge in [-0.1, -0.05) is 0 Å². The van der Waals surface area contributed by atoms with Crippen molar-refractivity contribution < 1.29 is 9.47 Å². The van der Waals surface area contributed by atoms with E-state index in [1.807, 2.05) is 18.7 Å². The number of thioether (sulfide) groups is 1. The summed E-state index contributed by atoms with van der Waals surface area (Å²) in [7, 11) is 1.69. The van der Waals surface area contributed by atoms with Gasteiger partial charge in [0.2, 0.25) is 0 Å². The van der Waals surface area contributed by atoms with Crippen molar-refractivity contribution in [3.05, 3.63) is 0 Å². The molecule has 2 atom stereocenters. The standard InChI is InChI=1S/C14H28N4O2S.HI/c1-12(9-19-2)17-13(15)16-10-14(3-8-21-11-14)18-4-6-20-7-5-18;/h12H,3-11H2,1-2H3,(H3,15,16,17);1H. The summed E-state index contributed by atoms with van der Waals surface area (Å²) in [6.07, 6.45) is 1.18. The van der Waals surface area contributed by atoms with Gasteiger partial charge in [0.05, 0.1) is 31.9 Å². The normalized spacial score (nSPS) is 28.2. The first-order valence-electron chi connectivity index (χ1n) is 7.62. The largest absolute Gasteiger partial charge is 0.383 e. The van der Waals surface area contributed by atoms with Crippen LogP contribution in [0, 0.1) is 0 Å². The SMILES string of the molecule is COCC(C)NC(N)=NCC1(N2CCOCC2)CCSC1.I. The van der Waals surface area contributed by atoms with E-state index in [2.05, 4.69) is 15.2 Å². The van der Waals surface area contributed by atoms with Crippen LogP contribution < -0.4 is 11.1 Å². The summed E-state index contributed by atoms with van der Waals surface area (Å²) in [5.41, 5.74) is 6.16. The topological polar surface area (TPSA) is 72.1 Å². The minimum atomic E-state index is 0. The predicted molar refractivity (Wildman–Crippen MR) is 103 cm³/mol. The lowest BCUT2D eigenvalue weighted by atomic mass is 9.96. The number of nitrogens with zero attached hydrogens (tertiary/aromatic N) is 2. The van der Waals surface area contributed by atoms with Crippen LogP contribution >= 0.6 is 35.7 Å². The zero-order chi connectivity index (χ0) is 15.1. The van der Waals surface area contributed by atoms with Gasteiger partial charge in [-0.25, -0.2) is 0 Å². The number of halogens is 1. The average Bonchev–Trinajstić information content (AvgIpc) is 2.96. The first kappa shape index (κ1) is 20.3. The molecule has 0 radical (unpaired) electrons. The highest BCUT2D eigenvalue weighted by atomic mass is 127. The molecule has 0 aromatic carbocycles. The van der Waals surface area contributed by atoms with E-state index in [9.17, 15) is 0 Å². The second-order valence-electron chi connectivity index (χ2n) is 5.83. The van der Waals surface area contributed by atoms with Crippen molar-refractivity contribution in [1.29, 1.82) is 0 Å². The lowest BCUT2D eigenvalue weighted by Crippen LogP contribution is -2.56. The molecule has 0 aliphatic carbocycles. The van der Waals surface area contributed by atoms with Gasteiger partial charge in [-0.2, -0.15) is 11.8 Å². The molecular formula is C14H29IN4O2S. The second-order valence-corrected chi connectivity index (χ2v) is 6.93. The van der Waals surface area contributed by atoms with Gasteiger partial charge in [0.15, 0.2) is 5.96 Å². The number of morpholine rings is 1. The van der Waals surface area contributed by atoms with Crippen molar-refractivity contribution in [1.82, 2.24) is 10.2 Å². The van der Waals surface area contributed by atoms with Crippen LogP contribution in [0.3, 0.4) is 0 Å². The van der Waals surface area contributed by atoms with Gasteiger partial charge in [-0.3, -0.25) is 9.89 Å². The number of ether oxygens (including phenoxy) is 2.